The van der Waals surface area contributed by atoms with Crippen LogP contribution < -0.4 is 9.47 Å². The van der Waals surface area contributed by atoms with Crippen LogP contribution in [-0.2, 0) is 13.0 Å². The molecule has 2 aromatic carbocycles. The Morgan fingerprint density at radius 3 is 2.63 bits per heavy atom. The number of carbonyl (C=O) groups excluding carboxylic acids is 1. The quantitative estimate of drug-likeness (QED) is 0.596. The predicted molar refractivity (Wildman–Crippen MR) is 107 cm³/mol. The summed E-state index contributed by atoms with van der Waals surface area (Å²) in [5, 5.41) is 2.10. The van der Waals surface area contributed by atoms with E-state index < -0.39 is 0 Å². The Kier molecular flexibility index (Phi) is 5.39. The van der Waals surface area contributed by atoms with Gasteiger partial charge in [-0.15, -0.1) is 11.3 Å². The molecular formula is C22H21NO3S. The van der Waals surface area contributed by atoms with Crippen LogP contribution >= 0.6 is 11.3 Å². The van der Waals surface area contributed by atoms with Gasteiger partial charge in [0.25, 0.3) is 5.91 Å². The Morgan fingerprint density at radius 1 is 0.963 bits per heavy atom. The zero-order valence-corrected chi connectivity index (χ0v) is 15.8. The minimum absolute atomic E-state index is 0.0198. The number of fused-ring (bicyclic) bond motifs is 1. The first-order chi connectivity index (χ1) is 13.3. The smallest absolute Gasteiger partial charge is 0.257 e. The zero-order valence-electron chi connectivity index (χ0n) is 15.0. The molecule has 0 saturated carbocycles. The summed E-state index contributed by atoms with van der Waals surface area (Å²) in [5.74, 6) is 1.44. The van der Waals surface area contributed by atoms with Gasteiger partial charge in [-0.05, 0) is 47.7 Å². The van der Waals surface area contributed by atoms with Gasteiger partial charge in [-0.1, -0.05) is 30.3 Å². The number of benzene rings is 2. The number of ether oxygens (including phenoxy) is 2. The molecule has 1 aliphatic heterocycles. The molecule has 5 heteroatoms. The summed E-state index contributed by atoms with van der Waals surface area (Å²) in [6, 6.07) is 19.2. The van der Waals surface area contributed by atoms with E-state index in [1.54, 1.807) is 11.3 Å². The van der Waals surface area contributed by atoms with Gasteiger partial charge in [-0.3, -0.25) is 4.79 Å². The third-order valence-electron chi connectivity index (χ3n) is 4.57. The molecule has 138 valence electrons. The molecule has 0 N–H and O–H groups in total. The average molecular weight is 379 g/mol. The topological polar surface area (TPSA) is 38.8 Å². The van der Waals surface area contributed by atoms with Crippen molar-refractivity contribution in [2.75, 3.05) is 19.8 Å². The average Bonchev–Trinajstić information content (AvgIpc) is 3.20. The first-order valence-corrected chi connectivity index (χ1v) is 9.93. The van der Waals surface area contributed by atoms with Gasteiger partial charge >= 0.3 is 0 Å². The predicted octanol–water partition coefficient (Wildman–Crippen LogP) is 4.40. The SMILES string of the molecule is O=C(c1ccccc1OCCOc1ccccc1)N1CCc2sccc2C1. The Bertz CT molecular complexity index is 907. The van der Waals surface area contributed by atoms with E-state index in [0.717, 1.165) is 18.7 Å². The number of hydrogen-bond acceptors (Lipinski definition) is 4. The van der Waals surface area contributed by atoms with Crippen LogP contribution in [0.25, 0.3) is 0 Å². The molecule has 4 rings (SSSR count). The van der Waals surface area contributed by atoms with Crippen molar-refractivity contribution < 1.29 is 14.3 Å². The standard InChI is InChI=1S/C22H21NO3S/c24-22(23-12-10-21-17(16-23)11-15-27-21)19-8-4-5-9-20(19)26-14-13-25-18-6-2-1-3-7-18/h1-9,11,15H,10,12-14,16H2. The monoisotopic (exact) mass is 379 g/mol. The van der Waals surface area contributed by atoms with Crippen molar-refractivity contribution in [3.05, 3.63) is 82.0 Å². The van der Waals surface area contributed by atoms with Gasteiger partial charge in [0.05, 0.1) is 5.56 Å². The highest BCUT2D eigenvalue weighted by molar-refractivity contribution is 7.10. The molecule has 3 aromatic rings. The Balaban J connectivity index is 1.38. The van der Waals surface area contributed by atoms with Crippen molar-refractivity contribution in [3.8, 4) is 11.5 Å². The van der Waals surface area contributed by atoms with Crippen molar-refractivity contribution >= 4 is 17.2 Å². The van der Waals surface area contributed by atoms with Gasteiger partial charge in [0, 0.05) is 18.0 Å². The molecule has 0 spiro atoms. The molecule has 0 atom stereocenters. The lowest BCUT2D eigenvalue weighted by Crippen LogP contribution is -2.35. The second-order valence-corrected chi connectivity index (χ2v) is 7.35. The molecule has 4 nitrogen and oxygen atoms in total. The third kappa shape index (κ3) is 4.14. The lowest BCUT2D eigenvalue weighted by atomic mass is 10.1. The zero-order chi connectivity index (χ0) is 18.5. The Hall–Kier alpha value is -2.79. The van der Waals surface area contributed by atoms with Crippen molar-refractivity contribution in [1.29, 1.82) is 0 Å². The van der Waals surface area contributed by atoms with Crippen LogP contribution in [0.4, 0.5) is 0 Å². The van der Waals surface area contributed by atoms with E-state index >= 15 is 0 Å². The lowest BCUT2D eigenvalue weighted by molar-refractivity contribution is 0.0730. The maximum absolute atomic E-state index is 13.0. The van der Waals surface area contributed by atoms with E-state index in [4.69, 9.17) is 9.47 Å². The normalized spacial score (nSPS) is 13.1. The summed E-state index contributed by atoms with van der Waals surface area (Å²) in [6.07, 6.45) is 0.923. The molecule has 0 fully saturated rings. The number of carbonyl (C=O) groups is 1. The van der Waals surface area contributed by atoms with E-state index in [1.165, 1.54) is 10.4 Å². The van der Waals surface area contributed by atoms with Gasteiger partial charge < -0.3 is 14.4 Å². The Labute approximate surface area is 163 Å². The number of para-hydroxylation sites is 2. The van der Waals surface area contributed by atoms with Crippen molar-refractivity contribution in [1.82, 2.24) is 4.90 Å². The highest BCUT2D eigenvalue weighted by Gasteiger charge is 2.24. The molecule has 0 bridgehead atoms. The number of nitrogens with zero attached hydrogens (tertiary/aromatic N) is 1. The van der Waals surface area contributed by atoms with Crippen LogP contribution in [0.3, 0.4) is 0 Å². The first-order valence-electron chi connectivity index (χ1n) is 9.05. The first kappa shape index (κ1) is 17.6. The van der Waals surface area contributed by atoms with Crippen LogP contribution in [0.15, 0.2) is 66.0 Å². The molecular weight excluding hydrogens is 358 g/mol. The minimum atomic E-state index is 0.0198. The molecule has 27 heavy (non-hydrogen) atoms. The summed E-state index contributed by atoms with van der Waals surface area (Å²) < 4.78 is 11.5. The summed E-state index contributed by atoms with van der Waals surface area (Å²) >= 11 is 1.77. The highest BCUT2D eigenvalue weighted by atomic mass is 32.1. The largest absolute Gasteiger partial charge is 0.490 e. The second-order valence-electron chi connectivity index (χ2n) is 6.35. The molecule has 0 saturated heterocycles. The maximum Gasteiger partial charge on any atom is 0.257 e. The lowest BCUT2D eigenvalue weighted by Gasteiger charge is -2.27. The number of thiophene rings is 1. The van der Waals surface area contributed by atoms with Crippen molar-refractivity contribution in [2.24, 2.45) is 0 Å². The van der Waals surface area contributed by atoms with E-state index in [9.17, 15) is 4.79 Å². The van der Waals surface area contributed by atoms with Gasteiger partial charge in [0.1, 0.15) is 24.7 Å². The van der Waals surface area contributed by atoms with Crippen LogP contribution in [0, 0.1) is 0 Å². The maximum atomic E-state index is 13.0. The van der Waals surface area contributed by atoms with E-state index in [1.807, 2.05) is 59.5 Å². The molecule has 0 radical (unpaired) electrons. The van der Waals surface area contributed by atoms with Crippen LogP contribution in [0.2, 0.25) is 0 Å². The summed E-state index contributed by atoms with van der Waals surface area (Å²) in [5.41, 5.74) is 1.87. The minimum Gasteiger partial charge on any atom is -0.490 e. The summed E-state index contributed by atoms with van der Waals surface area (Å²) in [6.45, 7) is 2.23. The fourth-order valence-corrected chi connectivity index (χ4v) is 4.08. The summed E-state index contributed by atoms with van der Waals surface area (Å²) in [4.78, 5) is 16.3. The molecule has 1 aliphatic rings. The van der Waals surface area contributed by atoms with Gasteiger partial charge in [-0.25, -0.2) is 0 Å². The second kappa shape index (κ2) is 8.27. The van der Waals surface area contributed by atoms with Crippen molar-refractivity contribution in [2.45, 2.75) is 13.0 Å². The van der Waals surface area contributed by atoms with Gasteiger partial charge in [0.15, 0.2) is 0 Å². The molecule has 2 heterocycles. The van der Waals surface area contributed by atoms with Gasteiger partial charge in [0.2, 0.25) is 0 Å². The van der Waals surface area contributed by atoms with Crippen LogP contribution in [-0.4, -0.2) is 30.6 Å². The summed E-state index contributed by atoms with van der Waals surface area (Å²) in [7, 11) is 0. The van der Waals surface area contributed by atoms with Gasteiger partial charge in [-0.2, -0.15) is 0 Å². The fourth-order valence-electron chi connectivity index (χ4n) is 3.19. The number of amides is 1. The van der Waals surface area contributed by atoms with E-state index in [-0.39, 0.29) is 5.91 Å². The van der Waals surface area contributed by atoms with Crippen molar-refractivity contribution in [3.63, 3.8) is 0 Å². The van der Waals surface area contributed by atoms with Crippen LogP contribution in [0.1, 0.15) is 20.8 Å². The number of hydrogen-bond donors (Lipinski definition) is 0. The fraction of sp³-hybridized carbons (Fsp3) is 0.227. The van der Waals surface area contributed by atoms with Crippen LogP contribution in [0.5, 0.6) is 11.5 Å². The van der Waals surface area contributed by atoms with E-state index in [0.29, 0.717) is 31.1 Å². The third-order valence-corrected chi connectivity index (χ3v) is 5.59. The highest BCUT2D eigenvalue weighted by Crippen LogP contribution is 2.27. The molecule has 0 unspecified atom stereocenters. The molecule has 1 amide bonds. The van der Waals surface area contributed by atoms with E-state index in [2.05, 4.69) is 11.4 Å². The molecule has 0 aliphatic carbocycles. The molecule has 1 aromatic heterocycles. The Morgan fingerprint density at radius 2 is 1.74 bits per heavy atom. The number of rotatable bonds is 6.